The van der Waals surface area contributed by atoms with Crippen LogP contribution in [0.5, 0.6) is 5.75 Å². The summed E-state index contributed by atoms with van der Waals surface area (Å²) in [6, 6.07) is 5.62. The predicted molar refractivity (Wildman–Crippen MR) is 70.2 cm³/mol. The van der Waals surface area contributed by atoms with Crippen molar-refractivity contribution in [2.24, 2.45) is 0 Å². The van der Waals surface area contributed by atoms with Gasteiger partial charge in [0.2, 0.25) is 0 Å². The highest BCUT2D eigenvalue weighted by Gasteiger charge is 2.15. The van der Waals surface area contributed by atoms with Crippen molar-refractivity contribution in [2.75, 3.05) is 32.2 Å². The molecule has 19 heavy (non-hydrogen) atoms. The standard InChI is InChI=1S/C13H18N2O4/c1-18-7-10(16)6-14-5-9-2-3-12-11(4-9)15-13(17)8-19-12/h2-4,10,14,16H,5-8H2,1H3,(H,15,17). The summed E-state index contributed by atoms with van der Waals surface area (Å²) in [4.78, 5) is 11.2. The highest BCUT2D eigenvalue weighted by atomic mass is 16.5. The van der Waals surface area contributed by atoms with Gasteiger partial charge in [-0.1, -0.05) is 6.07 Å². The van der Waals surface area contributed by atoms with E-state index in [1.54, 1.807) is 7.11 Å². The number of anilines is 1. The number of ether oxygens (including phenoxy) is 2. The van der Waals surface area contributed by atoms with E-state index < -0.39 is 6.10 Å². The molecule has 2 rings (SSSR count). The first kappa shape index (κ1) is 13.8. The molecule has 6 heteroatoms. The summed E-state index contributed by atoms with van der Waals surface area (Å²) in [5.74, 6) is 0.538. The maximum absolute atomic E-state index is 11.2. The van der Waals surface area contributed by atoms with E-state index in [9.17, 15) is 9.90 Å². The van der Waals surface area contributed by atoms with Gasteiger partial charge in [0.25, 0.3) is 5.91 Å². The van der Waals surface area contributed by atoms with Crippen molar-refractivity contribution in [1.29, 1.82) is 0 Å². The molecule has 1 unspecified atom stereocenters. The molecule has 1 amide bonds. The summed E-state index contributed by atoms with van der Waals surface area (Å²) in [5.41, 5.74) is 1.70. The summed E-state index contributed by atoms with van der Waals surface area (Å²) < 4.78 is 10.1. The first-order valence-electron chi connectivity index (χ1n) is 6.12. The lowest BCUT2D eigenvalue weighted by Crippen LogP contribution is -2.30. The second-order valence-corrected chi connectivity index (χ2v) is 4.41. The molecular weight excluding hydrogens is 248 g/mol. The summed E-state index contributed by atoms with van der Waals surface area (Å²) in [5, 5.41) is 15.4. The normalized spacial score (nSPS) is 15.4. The Morgan fingerprint density at radius 3 is 3.21 bits per heavy atom. The van der Waals surface area contributed by atoms with Crippen LogP contribution in [0.15, 0.2) is 18.2 Å². The van der Waals surface area contributed by atoms with E-state index >= 15 is 0 Å². The van der Waals surface area contributed by atoms with E-state index in [1.807, 2.05) is 18.2 Å². The van der Waals surface area contributed by atoms with E-state index in [-0.39, 0.29) is 12.5 Å². The number of carbonyl (C=O) groups excluding carboxylic acids is 1. The van der Waals surface area contributed by atoms with E-state index in [0.29, 0.717) is 31.1 Å². The Morgan fingerprint density at radius 2 is 2.42 bits per heavy atom. The fourth-order valence-corrected chi connectivity index (χ4v) is 1.87. The minimum Gasteiger partial charge on any atom is -0.482 e. The molecular formula is C13H18N2O4. The van der Waals surface area contributed by atoms with Gasteiger partial charge < -0.3 is 25.2 Å². The fraction of sp³-hybridized carbons (Fsp3) is 0.462. The van der Waals surface area contributed by atoms with Crippen molar-refractivity contribution >= 4 is 11.6 Å². The first-order valence-corrected chi connectivity index (χ1v) is 6.12. The van der Waals surface area contributed by atoms with Crippen LogP contribution < -0.4 is 15.4 Å². The number of hydrogen-bond acceptors (Lipinski definition) is 5. The van der Waals surface area contributed by atoms with Gasteiger partial charge in [-0.05, 0) is 17.7 Å². The van der Waals surface area contributed by atoms with Crippen LogP contribution >= 0.6 is 0 Å². The molecule has 1 aromatic carbocycles. The van der Waals surface area contributed by atoms with Gasteiger partial charge in [-0.2, -0.15) is 0 Å². The van der Waals surface area contributed by atoms with Crippen LogP contribution in [0.3, 0.4) is 0 Å². The quantitative estimate of drug-likeness (QED) is 0.681. The van der Waals surface area contributed by atoms with Crippen molar-refractivity contribution in [3.8, 4) is 5.75 Å². The largest absolute Gasteiger partial charge is 0.482 e. The van der Waals surface area contributed by atoms with Crippen LogP contribution in [0, 0.1) is 0 Å². The van der Waals surface area contributed by atoms with Crippen molar-refractivity contribution in [3.63, 3.8) is 0 Å². The SMILES string of the molecule is COCC(O)CNCc1ccc2c(c1)NC(=O)CO2. The van der Waals surface area contributed by atoms with Crippen LogP contribution in [0.2, 0.25) is 0 Å². The fourth-order valence-electron chi connectivity index (χ4n) is 1.87. The lowest BCUT2D eigenvalue weighted by Gasteiger charge is -2.18. The number of amides is 1. The highest BCUT2D eigenvalue weighted by molar-refractivity contribution is 5.95. The van der Waals surface area contributed by atoms with Crippen molar-refractivity contribution in [1.82, 2.24) is 5.32 Å². The van der Waals surface area contributed by atoms with Gasteiger partial charge in [0.1, 0.15) is 5.75 Å². The summed E-state index contributed by atoms with van der Waals surface area (Å²) in [6.45, 7) is 1.42. The lowest BCUT2D eigenvalue weighted by atomic mass is 10.1. The molecule has 6 nitrogen and oxygen atoms in total. The third-order valence-corrected chi connectivity index (χ3v) is 2.74. The molecule has 0 saturated heterocycles. The number of methoxy groups -OCH3 is 1. The Bertz CT molecular complexity index is 450. The molecule has 1 heterocycles. The van der Waals surface area contributed by atoms with Gasteiger partial charge in [0.15, 0.2) is 6.61 Å². The predicted octanol–water partition coefficient (Wildman–Crippen LogP) is 0.114. The van der Waals surface area contributed by atoms with Crippen LogP contribution in [-0.4, -0.2) is 44.0 Å². The third kappa shape index (κ3) is 3.92. The summed E-state index contributed by atoms with van der Waals surface area (Å²) >= 11 is 0. The molecule has 1 atom stereocenters. The maximum Gasteiger partial charge on any atom is 0.262 e. The molecule has 1 aliphatic heterocycles. The third-order valence-electron chi connectivity index (χ3n) is 2.74. The van der Waals surface area contributed by atoms with Gasteiger partial charge in [-0.15, -0.1) is 0 Å². The van der Waals surface area contributed by atoms with Gasteiger partial charge in [0, 0.05) is 20.2 Å². The van der Waals surface area contributed by atoms with E-state index in [2.05, 4.69) is 10.6 Å². The molecule has 0 bridgehead atoms. The monoisotopic (exact) mass is 266 g/mol. The molecule has 0 spiro atoms. The molecule has 0 aliphatic carbocycles. The Labute approximate surface area is 111 Å². The zero-order chi connectivity index (χ0) is 13.7. The van der Waals surface area contributed by atoms with E-state index in [1.165, 1.54) is 0 Å². The topological polar surface area (TPSA) is 79.8 Å². The number of nitrogens with one attached hydrogen (secondary N) is 2. The molecule has 3 N–H and O–H groups in total. The van der Waals surface area contributed by atoms with Crippen LogP contribution in [0.25, 0.3) is 0 Å². The van der Waals surface area contributed by atoms with Gasteiger partial charge in [-0.25, -0.2) is 0 Å². The number of rotatable bonds is 6. The molecule has 104 valence electrons. The summed E-state index contributed by atoms with van der Waals surface area (Å²) in [7, 11) is 1.55. The van der Waals surface area contributed by atoms with Gasteiger partial charge in [-0.3, -0.25) is 4.79 Å². The molecule has 1 aliphatic rings. The average Bonchev–Trinajstić information content (AvgIpc) is 2.38. The Morgan fingerprint density at radius 1 is 1.58 bits per heavy atom. The molecule has 0 fully saturated rings. The zero-order valence-electron chi connectivity index (χ0n) is 10.8. The second-order valence-electron chi connectivity index (χ2n) is 4.41. The number of benzene rings is 1. The second kappa shape index (κ2) is 6.51. The molecule has 0 saturated carbocycles. The van der Waals surface area contributed by atoms with Crippen LogP contribution in [0.1, 0.15) is 5.56 Å². The smallest absolute Gasteiger partial charge is 0.262 e. The highest BCUT2D eigenvalue weighted by Crippen LogP contribution is 2.28. The molecule has 1 aromatic rings. The number of carbonyl (C=O) groups is 1. The number of hydrogen-bond donors (Lipinski definition) is 3. The Balaban J connectivity index is 1.88. The van der Waals surface area contributed by atoms with Crippen molar-refractivity contribution < 1.29 is 19.4 Å². The van der Waals surface area contributed by atoms with Gasteiger partial charge in [0.05, 0.1) is 18.4 Å². The number of fused-ring (bicyclic) bond motifs is 1. The van der Waals surface area contributed by atoms with Crippen LogP contribution in [-0.2, 0) is 16.1 Å². The minimum absolute atomic E-state index is 0.0633. The van der Waals surface area contributed by atoms with Gasteiger partial charge >= 0.3 is 0 Å². The average molecular weight is 266 g/mol. The van der Waals surface area contributed by atoms with Crippen LogP contribution in [0.4, 0.5) is 5.69 Å². The molecule has 0 aromatic heterocycles. The van der Waals surface area contributed by atoms with E-state index in [0.717, 1.165) is 5.56 Å². The van der Waals surface area contributed by atoms with Crippen molar-refractivity contribution in [2.45, 2.75) is 12.6 Å². The Hall–Kier alpha value is -1.63. The minimum atomic E-state index is -0.523. The first-order chi connectivity index (χ1) is 9.19. The lowest BCUT2D eigenvalue weighted by molar-refractivity contribution is -0.118. The Kier molecular flexibility index (Phi) is 4.73. The number of aliphatic hydroxyl groups excluding tert-OH is 1. The summed E-state index contributed by atoms with van der Waals surface area (Å²) in [6.07, 6.45) is -0.523. The molecule has 0 radical (unpaired) electrons. The van der Waals surface area contributed by atoms with Crippen molar-refractivity contribution in [3.05, 3.63) is 23.8 Å². The number of aliphatic hydroxyl groups is 1. The van der Waals surface area contributed by atoms with E-state index in [4.69, 9.17) is 9.47 Å². The maximum atomic E-state index is 11.2. The zero-order valence-corrected chi connectivity index (χ0v) is 10.8.